The van der Waals surface area contributed by atoms with Gasteiger partial charge in [-0.1, -0.05) is 20.1 Å². The van der Waals surface area contributed by atoms with E-state index in [9.17, 15) is 19.2 Å². The molecule has 6 nitrogen and oxygen atoms in total. The second kappa shape index (κ2) is 6.25. The van der Waals surface area contributed by atoms with E-state index in [-0.39, 0.29) is 42.4 Å². The van der Waals surface area contributed by atoms with Crippen molar-refractivity contribution in [2.45, 2.75) is 32.6 Å². The summed E-state index contributed by atoms with van der Waals surface area (Å²) in [5.74, 6) is -0.890. The highest BCUT2D eigenvalue weighted by molar-refractivity contribution is 6.13. The lowest BCUT2D eigenvalue weighted by atomic mass is 10.0. The van der Waals surface area contributed by atoms with Crippen LogP contribution in [0.2, 0.25) is 0 Å². The fraction of sp³-hybridized carbons (Fsp3) is 0.500. The predicted octanol–water partition coefficient (Wildman–Crippen LogP) is 1.03. The molecule has 2 saturated heterocycles. The number of carbonyl (C=O) groups excluding carboxylic acids is 4. The lowest BCUT2D eigenvalue weighted by molar-refractivity contribution is -0.139. The maximum absolute atomic E-state index is 11.8. The molecule has 0 aromatic rings. The number of hydrogen-bond acceptors (Lipinski definition) is 4. The zero-order chi connectivity index (χ0) is 16.4. The van der Waals surface area contributed by atoms with Gasteiger partial charge in [0, 0.05) is 24.2 Å². The molecule has 0 aromatic carbocycles. The third-order valence-electron chi connectivity index (χ3n) is 4.00. The molecular weight excluding hydrogens is 284 g/mol. The summed E-state index contributed by atoms with van der Waals surface area (Å²) in [6.45, 7) is 9.80. The Bertz CT molecular complexity index is 579. The van der Waals surface area contributed by atoms with Gasteiger partial charge in [0.05, 0.1) is 12.8 Å². The fourth-order valence-electron chi connectivity index (χ4n) is 2.73. The number of amides is 4. The number of nitrogens with zero attached hydrogens (tertiary/aromatic N) is 2. The van der Waals surface area contributed by atoms with Gasteiger partial charge in [-0.2, -0.15) is 0 Å². The van der Waals surface area contributed by atoms with Crippen LogP contribution in [0.5, 0.6) is 0 Å². The fourth-order valence-corrected chi connectivity index (χ4v) is 2.73. The predicted molar refractivity (Wildman–Crippen MR) is 79.4 cm³/mol. The number of rotatable bonds is 6. The second-order valence-electron chi connectivity index (χ2n) is 5.97. The van der Waals surface area contributed by atoms with Gasteiger partial charge in [0.2, 0.25) is 11.8 Å². The molecule has 0 N–H and O–H groups in total. The summed E-state index contributed by atoms with van der Waals surface area (Å²) in [5, 5.41) is 0. The molecule has 1 atom stereocenters. The zero-order valence-corrected chi connectivity index (χ0v) is 12.8. The SMILES string of the molecule is C=C1CC(=O)N(CCCC(C)CN2C(=O)CC(=C)C2=O)C1=O. The average Bonchev–Trinajstić information content (AvgIpc) is 2.82. The van der Waals surface area contributed by atoms with Gasteiger partial charge in [0.25, 0.3) is 11.8 Å². The number of likely N-dealkylation sites (tertiary alicyclic amines) is 2. The number of carbonyl (C=O) groups is 4. The number of hydrogen-bond donors (Lipinski definition) is 0. The molecular formula is C16H20N2O4. The Morgan fingerprint density at radius 1 is 0.955 bits per heavy atom. The van der Waals surface area contributed by atoms with Crippen molar-refractivity contribution in [2.75, 3.05) is 13.1 Å². The van der Waals surface area contributed by atoms with E-state index in [1.807, 2.05) is 6.92 Å². The van der Waals surface area contributed by atoms with Crippen molar-refractivity contribution in [3.05, 3.63) is 24.3 Å². The van der Waals surface area contributed by atoms with Crippen LogP contribution in [0.1, 0.15) is 32.6 Å². The first-order chi connectivity index (χ1) is 10.3. The molecule has 2 rings (SSSR count). The molecule has 2 aliphatic heterocycles. The maximum Gasteiger partial charge on any atom is 0.256 e. The van der Waals surface area contributed by atoms with E-state index >= 15 is 0 Å². The minimum absolute atomic E-state index is 0.102. The Morgan fingerprint density at radius 3 is 1.91 bits per heavy atom. The molecule has 118 valence electrons. The Hall–Kier alpha value is -2.24. The summed E-state index contributed by atoms with van der Waals surface area (Å²) in [6.07, 6.45) is 1.56. The molecule has 22 heavy (non-hydrogen) atoms. The van der Waals surface area contributed by atoms with Crippen LogP contribution in [0.4, 0.5) is 0 Å². The number of imide groups is 2. The molecule has 1 unspecified atom stereocenters. The lowest BCUT2D eigenvalue weighted by Gasteiger charge is -2.20. The molecule has 6 heteroatoms. The summed E-state index contributed by atoms with van der Waals surface area (Å²) in [4.78, 5) is 49.2. The maximum atomic E-state index is 11.8. The Morgan fingerprint density at radius 2 is 1.45 bits per heavy atom. The van der Waals surface area contributed by atoms with E-state index in [1.165, 1.54) is 9.80 Å². The standard InChI is InChI=1S/C16H20N2O4/c1-10(9-18-14(20)8-12(3)16(18)22)5-4-6-17-13(19)7-11(2)15(17)21/h10H,2-9H2,1H3. The minimum atomic E-state index is -0.293. The van der Waals surface area contributed by atoms with Crippen molar-refractivity contribution in [3.8, 4) is 0 Å². The normalized spacial score (nSPS) is 20.6. The zero-order valence-electron chi connectivity index (χ0n) is 12.8. The molecule has 2 fully saturated rings. The summed E-state index contributed by atoms with van der Waals surface area (Å²) < 4.78 is 0. The van der Waals surface area contributed by atoms with Crippen molar-refractivity contribution in [1.82, 2.24) is 9.80 Å². The minimum Gasteiger partial charge on any atom is -0.279 e. The first kappa shape index (κ1) is 16.1. The van der Waals surface area contributed by atoms with E-state index in [0.717, 1.165) is 0 Å². The van der Waals surface area contributed by atoms with Gasteiger partial charge in [0.1, 0.15) is 0 Å². The van der Waals surface area contributed by atoms with Gasteiger partial charge in [0.15, 0.2) is 0 Å². The largest absolute Gasteiger partial charge is 0.279 e. The van der Waals surface area contributed by atoms with E-state index < -0.39 is 0 Å². The van der Waals surface area contributed by atoms with Crippen LogP contribution in [-0.4, -0.2) is 46.5 Å². The van der Waals surface area contributed by atoms with Gasteiger partial charge in [-0.15, -0.1) is 0 Å². The Labute approximate surface area is 129 Å². The molecule has 0 spiro atoms. The highest BCUT2D eigenvalue weighted by Crippen LogP contribution is 2.21. The van der Waals surface area contributed by atoms with Crippen molar-refractivity contribution >= 4 is 23.6 Å². The van der Waals surface area contributed by atoms with E-state index in [0.29, 0.717) is 37.1 Å². The quantitative estimate of drug-likeness (QED) is 0.542. The lowest BCUT2D eigenvalue weighted by Crippen LogP contribution is -2.34. The van der Waals surface area contributed by atoms with Crippen LogP contribution in [0.15, 0.2) is 24.3 Å². The van der Waals surface area contributed by atoms with Gasteiger partial charge in [-0.3, -0.25) is 29.0 Å². The monoisotopic (exact) mass is 304 g/mol. The second-order valence-corrected chi connectivity index (χ2v) is 5.97. The van der Waals surface area contributed by atoms with Gasteiger partial charge in [-0.25, -0.2) is 0 Å². The summed E-state index contributed by atoms with van der Waals surface area (Å²) >= 11 is 0. The molecule has 0 bridgehead atoms. The topological polar surface area (TPSA) is 74.8 Å². The molecule has 0 radical (unpaired) electrons. The molecule has 2 aliphatic rings. The van der Waals surface area contributed by atoms with Crippen LogP contribution in [0.25, 0.3) is 0 Å². The Kier molecular flexibility index (Phi) is 4.59. The van der Waals surface area contributed by atoms with Gasteiger partial charge >= 0.3 is 0 Å². The van der Waals surface area contributed by atoms with Crippen LogP contribution < -0.4 is 0 Å². The Balaban J connectivity index is 1.78. The highest BCUT2D eigenvalue weighted by atomic mass is 16.2. The highest BCUT2D eigenvalue weighted by Gasteiger charge is 2.34. The van der Waals surface area contributed by atoms with E-state index in [1.54, 1.807) is 0 Å². The first-order valence-corrected chi connectivity index (χ1v) is 7.36. The van der Waals surface area contributed by atoms with Crippen molar-refractivity contribution in [3.63, 3.8) is 0 Å². The summed E-state index contributed by atoms with van der Waals surface area (Å²) in [6, 6.07) is 0. The smallest absolute Gasteiger partial charge is 0.256 e. The third kappa shape index (κ3) is 3.16. The van der Waals surface area contributed by atoms with Crippen LogP contribution in [-0.2, 0) is 19.2 Å². The van der Waals surface area contributed by atoms with Crippen LogP contribution in [0, 0.1) is 5.92 Å². The summed E-state index contributed by atoms with van der Waals surface area (Å²) in [5.41, 5.74) is 0.675. The van der Waals surface area contributed by atoms with E-state index in [2.05, 4.69) is 13.2 Å². The molecule has 2 heterocycles. The molecule has 0 saturated carbocycles. The van der Waals surface area contributed by atoms with Crippen molar-refractivity contribution in [2.24, 2.45) is 5.92 Å². The van der Waals surface area contributed by atoms with Crippen molar-refractivity contribution in [1.29, 1.82) is 0 Å². The van der Waals surface area contributed by atoms with Gasteiger partial charge in [-0.05, 0) is 18.8 Å². The van der Waals surface area contributed by atoms with E-state index in [4.69, 9.17) is 0 Å². The van der Waals surface area contributed by atoms with Crippen LogP contribution in [0.3, 0.4) is 0 Å². The molecule has 0 aliphatic carbocycles. The average molecular weight is 304 g/mol. The van der Waals surface area contributed by atoms with Crippen molar-refractivity contribution < 1.29 is 19.2 Å². The molecule has 0 aromatic heterocycles. The first-order valence-electron chi connectivity index (χ1n) is 7.36. The van der Waals surface area contributed by atoms with Crippen LogP contribution >= 0.6 is 0 Å². The molecule has 4 amide bonds. The third-order valence-corrected chi connectivity index (χ3v) is 4.00. The van der Waals surface area contributed by atoms with Gasteiger partial charge < -0.3 is 0 Å². The summed E-state index contributed by atoms with van der Waals surface area (Å²) in [7, 11) is 0.